The van der Waals surface area contributed by atoms with Gasteiger partial charge in [0.05, 0.1) is 30.5 Å². The van der Waals surface area contributed by atoms with Crippen molar-refractivity contribution < 1.29 is 30.3 Å². The summed E-state index contributed by atoms with van der Waals surface area (Å²) in [5, 5.41) is 68.1. The molecule has 2 aromatic carbocycles. The largest absolute Gasteiger partial charge is 0.508 e. The topological polar surface area (TPSA) is 158 Å². The predicted molar refractivity (Wildman–Crippen MR) is 224 cm³/mol. The number of unbranched alkanes of at least 4 members (excludes halogenated alkanes) is 4. The minimum Gasteiger partial charge on any atom is -0.508 e. The van der Waals surface area contributed by atoms with Crippen LogP contribution in [0.15, 0.2) is 36.4 Å². The third-order valence-electron chi connectivity index (χ3n) is 13.0. The maximum atomic E-state index is 10.7. The summed E-state index contributed by atoms with van der Waals surface area (Å²) in [6.45, 7) is 4.44. The number of aromatic hydroxyl groups is 1. The van der Waals surface area contributed by atoms with Gasteiger partial charge in [-0.15, -0.1) is 11.6 Å². The summed E-state index contributed by atoms with van der Waals surface area (Å²) < 4.78 is 5.62. The zero-order valence-electron chi connectivity index (χ0n) is 33.3. The molecule has 2 fully saturated rings. The summed E-state index contributed by atoms with van der Waals surface area (Å²) in [5.41, 5.74) is 4.86. The van der Waals surface area contributed by atoms with Crippen molar-refractivity contribution in [1.29, 1.82) is 10.5 Å². The highest BCUT2D eigenvalue weighted by Crippen LogP contribution is 2.49. The molecule has 5 N–H and O–H groups in total. The van der Waals surface area contributed by atoms with E-state index >= 15 is 0 Å². The van der Waals surface area contributed by atoms with Gasteiger partial charge >= 0.3 is 0 Å². The SMILES string of the molecule is C.CCCCC[C@H](O)CC[C@@H]1[C@H]2Cc3cccc(O)c3C[C@H]2C[C@H]1O.CCCCC[C@H](O)CC[C@@H]1[C@H]2Cc3cccc(OCC#N)c3C[C@H]2C[C@H]1O.N#CCCl. The number of nitrogens with zero attached hydrogens (tertiary/aromatic N) is 2. The van der Waals surface area contributed by atoms with Crippen molar-refractivity contribution in [3.05, 3.63) is 58.7 Å². The Bertz CT molecular complexity index is 1520. The summed E-state index contributed by atoms with van der Waals surface area (Å²) in [6.07, 6.45) is 16.6. The molecule has 0 heterocycles. The molecule has 0 saturated heterocycles. The van der Waals surface area contributed by atoms with Crippen LogP contribution in [0.4, 0.5) is 0 Å². The second-order valence-corrected chi connectivity index (χ2v) is 16.9. The maximum Gasteiger partial charge on any atom is 0.174 e. The van der Waals surface area contributed by atoms with E-state index in [0.29, 0.717) is 35.3 Å². The third-order valence-corrected chi connectivity index (χ3v) is 13.1. The van der Waals surface area contributed by atoms with Crippen LogP contribution in [0.3, 0.4) is 0 Å². The summed E-state index contributed by atoms with van der Waals surface area (Å²) >= 11 is 4.82. The zero-order valence-corrected chi connectivity index (χ0v) is 34.1. The Labute approximate surface area is 342 Å². The number of aliphatic hydroxyl groups is 4. The number of fused-ring (bicyclic) bond motifs is 4. The van der Waals surface area contributed by atoms with E-state index < -0.39 is 0 Å². The second-order valence-electron chi connectivity index (χ2n) is 16.6. The molecule has 0 spiro atoms. The molecule has 8 nitrogen and oxygen atoms in total. The number of aliphatic hydroxyl groups excluding tert-OH is 4. The van der Waals surface area contributed by atoms with Gasteiger partial charge in [0.25, 0.3) is 0 Å². The molecule has 4 aliphatic rings. The van der Waals surface area contributed by atoms with Crippen molar-refractivity contribution in [3.8, 4) is 23.6 Å². The number of halogens is 1. The number of hydrogen-bond donors (Lipinski definition) is 5. The molecule has 0 amide bonds. The predicted octanol–water partition coefficient (Wildman–Crippen LogP) is 9.23. The molecule has 0 aliphatic heterocycles. The molecule has 10 atom stereocenters. The minimum atomic E-state index is -0.263. The van der Waals surface area contributed by atoms with Gasteiger partial charge in [-0.3, -0.25) is 0 Å². The van der Waals surface area contributed by atoms with E-state index in [2.05, 4.69) is 26.0 Å². The number of ether oxygens (including phenoxy) is 1. The summed E-state index contributed by atoms with van der Waals surface area (Å²) in [7, 11) is 0. The molecule has 0 bridgehead atoms. The van der Waals surface area contributed by atoms with Gasteiger partial charge in [0.1, 0.15) is 23.4 Å². The lowest BCUT2D eigenvalue weighted by Crippen LogP contribution is -2.28. The Morgan fingerprint density at radius 3 is 1.68 bits per heavy atom. The van der Waals surface area contributed by atoms with Gasteiger partial charge in [0, 0.05) is 0 Å². The molecular weight excluding hydrogens is 724 g/mol. The number of hydrogen-bond acceptors (Lipinski definition) is 8. The van der Waals surface area contributed by atoms with Gasteiger partial charge in [0.15, 0.2) is 6.61 Å². The van der Waals surface area contributed by atoms with Gasteiger partial charge in [-0.05, 0) is 147 Å². The molecule has 2 saturated carbocycles. The van der Waals surface area contributed by atoms with Crippen LogP contribution in [-0.2, 0) is 25.7 Å². The van der Waals surface area contributed by atoms with E-state index in [9.17, 15) is 25.5 Å². The van der Waals surface area contributed by atoms with Crippen molar-refractivity contribution in [1.82, 2.24) is 0 Å². The van der Waals surface area contributed by atoms with Crippen molar-refractivity contribution in [2.24, 2.45) is 35.5 Å². The van der Waals surface area contributed by atoms with Crippen molar-refractivity contribution in [3.63, 3.8) is 0 Å². The Kier molecular flexibility index (Phi) is 21.1. The fourth-order valence-electron chi connectivity index (χ4n) is 10.2. The normalized spacial score (nSPS) is 26.4. The van der Waals surface area contributed by atoms with Crippen molar-refractivity contribution in [2.45, 2.75) is 161 Å². The van der Waals surface area contributed by atoms with Gasteiger partial charge in [-0.25, -0.2) is 0 Å². The number of alkyl halides is 1. The molecule has 9 heteroatoms. The highest BCUT2D eigenvalue weighted by Gasteiger charge is 2.46. The quantitative estimate of drug-likeness (QED) is 0.0832. The molecule has 0 aromatic heterocycles. The van der Waals surface area contributed by atoms with Crippen LogP contribution in [0.5, 0.6) is 11.5 Å². The highest BCUT2D eigenvalue weighted by atomic mass is 35.5. The molecule has 2 aromatic rings. The summed E-state index contributed by atoms with van der Waals surface area (Å²) in [5.74, 6) is 3.86. The number of benzene rings is 2. The van der Waals surface area contributed by atoms with Crippen LogP contribution in [-0.4, -0.2) is 62.4 Å². The van der Waals surface area contributed by atoms with Gasteiger partial charge in [0.2, 0.25) is 0 Å². The Hall–Kier alpha value is -2.85. The first-order valence-electron chi connectivity index (χ1n) is 21.2. The summed E-state index contributed by atoms with van der Waals surface area (Å²) in [6, 6.07) is 15.7. The van der Waals surface area contributed by atoms with Crippen LogP contribution < -0.4 is 4.74 Å². The zero-order chi connectivity index (χ0) is 39.7. The number of phenols is 1. The van der Waals surface area contributed by atoms with Crippen molar-refractivity contribution >= 4 is 11.6 Å². The highest BCUT2D eigenvalue weighted by molar-refractivity contribution is 6.19. The average molecular weight is 796 g/mol. The van der Waals surface area contributed by atoms with E-state index in [1.54, 1.807) is 12.1 Å². The van der Waals surface area contributed by atoms with Crippen molar-refractivity contribution in [2.75, 3.05) is 12.5 Å². The molecule has 6 rings (SSSR count). The first-order chi connectivity index (χ1) is 26.6. The molecule has 4 aliphatic carbocycles. The van der Waals surface area contributed by atoms with E-state index in [1.165, 1.54) is 42.4 Å². The Morgan fingerprint density at radius 2 is 1.20 bits per heavy atom. The fourth-order valence-corrected chi connectivity index (χ4v) is 10.2. The average Bonchev–Trinajstić information content (AvgIpc) is 3.66. The maximum absolute atomic E-state index is 10.7. The number of phenolic OH excluding ortho intramolecular Hbond substituents is 1. The number of nitriles is 2. The second kappa shape index (κ2) is 24.8. The lowest BCUT2D eigenvalue weighted by molar-refractivity contribution is 0.0864. The van der Waals surface area contributed by atoms with E-state index in [0.717, 1.165) is 101 Å². The smallest absolute Gasteiger partial charge is 0.174 e. The van der Waals surface area contributed by atoms with Gasteiger partial charge in [-0.1, -0.05) is 84.1 Å². The molecule has 56 heavy (non-hydrogen) atoms. The minimum absolute atomic E-state index is 0. The molecular formula is C47H71ClN2O6. The standard InChI is InChI=1S/C23H33NO3.C21H32O3.C2H2ClN.CH4/c1-2-3-4-7-18(25)9-10-19-20-13-16-6-5-8-23(27-12-11-24)21(16)14-17(20)15-22(19)26;1-2-3-4-7-16(22)9-10-17-18-11-14-6-5-8-20(23)19(14)12-15(18)13-21(17)24;3-1-2-4;/h5-6,8,17-20,22,25-26H,2-4,7,9-10,12-15H2,1H3;5-6,8,15-18,21-24H,2-4,7,9-13H2,1H3;1H2;1H4/t17-,18-,19+,20-,22+;15-,16-,17+,18-,21+;;/m00../s1. The first kappa shape index (κ1) is 47.5. The molecule has 312 valence electrons. The first-order valence-corrected chi connectivity index (χ1v) is 21.7. The lowest BCUT2D eigenvalue weighted by Gasteiger charge is -2.32. The Morgan fingerprint density at radius 1 is 0.714 bits per heavy atom. The van der Waals surface area contributed by atoms with Gasteiger partial charge in [-0.2, -0.15) is 10.5 Å². The fraction of sp³-hybridized carbons (Fsp3) is 0.702. The van der Waals surface area contributed by atoms with E-state index in [1.807, 2.05) is 24.3 Å². The van der Waals surface area contributed by atoms with Crippen LogP contribution in [0.1, 0.15) is 133 Å². The van der Waals surface area contributed by atoms with Gasteiger partial charge < -0.3 is 30.3 Å². The third kappa shape index (κ3) is 13.4. The van der Waals surface area contributed by atoms with Crippen LogP contribution >= 0.6 is 11.6 Å². The molecule has 0 radical (unpaired) electrons. The van der Waals surface area contributed by atoms with Crippen LogP contribution in [0, 0.1) is 58.2 Å². The monoisotopic (exact) mass is 795 g/mol. The van der Waals surface area contributed by atoms with Crippen LogP contribution in [0.2, 0.25) is 0 Å². The van der Waals surface area contributed by atoms with E-state index in [4.69, 9.17) is 26.9 Å². The summed E-state index contributed by atoms with van der Waals surface area (Å²) in [4.78, 5) is 0. The Balaban J connectivity index is 0.000000271. The van der Waals surface area contributed by atoms with E-state index in [-0.39, 0.29) is 50.2 Å². The number of rotatable bonds is 16. The van der Waals surface area contributed by atoms with Crippen LogP contribution in [0.25, 0.3) is 0 Å². The molecule has 0 unspecified atom stereocenters. The lowest BCUT2D eigenvalue weighted by atomic mass is 9.73.